The van der Waals surface area contributed by atoms with Gasteiger partial charge in [0.25, 0.3) is 0 Å². The van der Waals surface area contributed by atoms with Crippen molar-refractivity contribution in [2.24, 2.45) is 0 Å². The molecule has 0 unspecified atom stereocenters. The molecule has 0 radical (unpaired) electrons. The smallest absolute Gasteiger partial charge is 0.423 e. The van der Waals surface area contributed by atoms with Gasteiger partial charge in [-0.2, -0.15) is 5.26 Å². The molecular formula is C13H18BNO2. The summed E-state index contributed by atoms with van der Waals surface area (Å²) in [6, 6.07) is 5.60. The van der Waals surface area contributed by atoms with Crippen molar-refractivity contribution < 1.29 is 10.0 Å². The fourth-order valence-electron chi connectivity index (χ4n) is 2.02. The Hall–Kier alpha value is -1.31. The summed E-state index contributed by atoms with van der Waals surface area (Å²) in [4.78, 5) is 0. The van der Waals surface area contributed by atoms with Crippen molar-refractivity contribution in [3.05, 3.63) is 28.8 Å². The Morgan fingerprint density at radius 1 is 1.06 bits per heavy atom. The Labute approximate surface area is 103 Å². The van der Waals surface area contributed by atoms with Crippen molar-refractivity contribution in [1.82, 2.24) is 0 Å². The lowest BCUT2D eigenvalue weighted by atomic mass is 9.69. The van der Waals surface area contributed by atoms with Crippen molar-refractivity contribution in [3.8, 4) is 6.07 Å². The van der Waals surface area contributed by atoms with Gasteiger partial charge in [0, 0.05) is 0 Å². The molecule has 1 aromatic rings. The number of hydrogen-bond donors (Lipinski definition) is 2. The molecule has 1 rings (SSSR count). The van der Waals surface area contributed by atoms with Crippen LogP contribution in [0.2, 0.25) is 0 Å². The first kappa shape index (κ1) is 13.8. The normalized spacial score (nSPS) is 10.8. The van der Waals surface area contributed by atoms with Gasteiger partial charge in [0.1, 0.15) is 0 Å². The van der Waals surface area contributed by atoms with Gasteiger partial charge in [-0.05, 0) is 40.6 Å². The maximum Gasteiger partial charge on any atom is 0.489 e. The van der Waals surface area contributed by atoms with E-state index in [1.165, 1.54) is 0 Å². The van der Waals surface area contributed by atoms with Crippen LogP contribution in [-0.4, -0.2) is 17.2 Å². The first-order valence-corrected chi connectivity index (χ1v) is 5.82. The van der Waals surface area contributed by atoms with Gasteiger partial charge in [-0.25, -0.2) is 0 Å². The molecule has 0 amide bonds. The highest BCUT2D eigenvalue weighted by Crippen LogP contribution is 2.21. The van der Waals surface area contributed by atoms with Gasteiger partial charge in [-0.15, -0.1) is 0 Å². The molecule has 0 aromatic heterocycles. The zero-order chi connectivity index (χ0) is 13.2. The molecule has 17 heavy (non-hydrogen) atoms. The van der Waals surface area contributed by atoms with E-state index in [4.69, 9.17) is 5.26 Å². The van der Waals surface area contributed by atoms with Crippen molar-refractivity contribution in [2.75, 3.05) is 0 Å². The fraction of sp³-hybridized carbons (Fsp3) is 0.462. The number of rotatable bonds is 3. The van der Waals surface area contributed by atoms with E-state index in [0.29, 0.717) is 11.0 Å². The van der Waals surface area contributed by atoms with Crippen LogP contribution in [-0.2, 0) is 0 Å². The molecule has 0 fully saturated rings. The lowest BCUT2D eigenvalue weighted by molar-refractivity contribution is 0.424. The third-order valence-corrected chi connectivity index (χ3v) is 2.88. The summed E-state index contributed by atoms with van der Waals surface area (Å²) in [5, 5.41) is 28.0. The Morgan fingerprint density at radius 2 is 1.47 bits per heavy atom. The van der Waals surface area contributed by atoms with Crippen LogP contribution in [0.3, 0.4) is 0 Å². The molecule has 3 nitrogen and oxygen atoms in total. The van der Waals surface area contributed by atoms with Crippen LogP contribution >= 0.6 is 0 Å². The van der Waals surface area contributed by atoms with Crippen LogP contribution in [0.15, 0.2) is 12.1 Å². The second-order valence-electron chi connectivity index (χ2n) is 4.86. The monoisotopic (exact) mass is 231 g/mol. The Bertz CT molecular complexity index is 418. The lowest BCUT2D eigenvalue weighted by Crippen LogP contribution is -2.37. The number of benzene rings is 1. The summed E-state index contributed by atoms with van der Waals surface area (Å²) in [5.41, 5.74) is 2.79. The summed E-state index contributed by atoms with van der Waals surface area (Å²) < 4.78 is 0. The van der Waals surface area contributed by atoms with E-state index < -0.39 is 7.12 Å². The lowest BCUT2D eigenvalue weighted by Gasteiger charge is -2.19. The molecule has 4 heteroatoms. The number of nitriles is 1. The largest absolute Gasteiger partial charge is 0.489 e. The standard InChI is InChI=1S/C13H18BNO2/c1-8(2)11-5-10(7-15)6-12(9(3)4)13(11)14(16)17/h5-6,8-9,16-17H,1-4H3. The van der Waals surface area contributed by atoms with E-state index in [9.17, 15) is 10.0 Å². The minimum Gasteiger partial charge on any atom is -0.423 e. The molecule has 0 saturated carbocycles. The fourth-order valence-corrected chi connectivity index (χ4v) is 2.02. The molecule has 0 atom stereocenters. The van der Waals surface area contributed by atoms with Gasteiger partial charge < -0.3 is 10.0 Å². The van der Waals surface area contributed by atoms with E-state index in [-0.39, 0.29) is 11.8 Å². The van der Waals surface area contributed by atoms with E-state index in [2.05, 4.69) is 6.07 Å². The molecular weight excluding hydrogens is 213 g/mol. The molecule has 90 valence electrons. The van der Waals surface area contributed by atoms with Crippen molar-refractivity contribution >= 4 is 12.6 Å². The van der Waals surface area contributed by atoms with Crippen LogP contribution in [0.1, 0.15) is 56.2 Å². The summed E-state index contributed by atoms with van der Waals surface area (Å²) in [6.45, 7) is 7.91. The second-order valence-corrected chi connectivity index (χ2v) is 4.86. The van der Waals surface area contributed by atoms with Gasteiger partial charge in [0.15, 0.2) is 0 Å². The Kier molecular flexibility index (Phi) is 4.33. The highest BCUT2D eigenvalue weighted by atomic mass is 16.4. The molecule has 0 aliphatic heterocycles. The van der Waals surface area contributed by atoms with Gasteiger partial charge in [-0.1, -0.05) is 27.7 Å². The second kappa shape index (κ2) is 5.35. The highest BCUT2D eigenvalue weighted by Gasteiger charge is 2.24. The van der Waals surface area contributed by atoms with Gasteiger partial charge in [0.05, 0.1) is 11.6 Å². The van der Waals surface area contributed by atoms with Gasteiger partial charge in [-0.3, -0.25) is 0 Å². The molecule has 2 N–H and O–H groups in total. The molecule has 0 aliphatic carbocycles. The average Bonchev–Trinajstić information content (AvgIpc) is 2.26. The van der Waals surface area contributed by atoms with E-state index in [0.717, 1.165) is 11.1 Å². The zero-order valence-electron chi connectivity index (χ0n) is 10.7. The SMILES string of the molecule is CC(C)c1cc(C#N)cc(C(C)C)c1B(O)O. The Morgan fingerprint density at radius 3 is 1.71 bits per heavy atom. The summed E-state index contributed by atoms with van der Waals surface area (Å²) in [6.07, 6.45) is 0. The topological polar surface area (TPSA) is 64.2 Å². The predicted octanol–water partition coefficient (Wildman–Crippen LogP) is 1.48. The molecule has 0 bridgehead atoms. The summed E-state index contributed by atoms with van der Waals surface area (Å²) >= 11 is 0. The number of hydrogen-bond acceptors (Lipinski definition) is 3. The molecule has 0 aliphatic rings. The predicted molar refractivity (Wildman–Crippen MR) is 69.2 cm³/mol. The van der Waals surface area contributed by atoms with Crippen LogP contribution < -0.4 is 5.46 Å². The first-order valence-electron chi connectivity index (χ1n) is 5.82. The van der Waals surface area contributed by atoms with Crippen LogP contribution in [0.25, 0.3) is 0 Å². The van der Waals surface area contributed by atoms with Gasteiger partial charge in [0.2, 0.25) is 0 Å². The Balaban J connectivity index is 3.57. The van der Waals surface area contributed by atoms with Crippen LogP contribution in [0.4, 0.5) is 0 Å². The van der Waals surface area contributed by atoms with Crippen molar-refractivity contribution in [1.29, 1.82) is 5.26 Å². The summed E-state index contributed by atoms with van der Waals surface area (Å²) in [7, 11) is -1.49. The van der Waals surface area contributed by atoms with Crippen LogP contribution in [0.5, 0.6) is 0 Å². The maximum atomic E-state index is 9.52. The number of nitrogens with zero attached hydrogens (tertiary/aromatic N) is 1. The van der Waals surface area contributed by atoms with Crippen LogP contribution in [0, 0.1) is 11.3 Å². The molecule has 0 saturated heterocycles. The minimum absolute atomic E-state index is 0.151. The third-order valence-electron chi connectivity index (χ3n) is 2.88. The average molecular weight is 231 g/mol. The van der Waals surface area contributed by atoms with Gasteiger partial charge >= 0.3 is 7.12 Å². The van der Waals surface area contributed by atoms with E-state index in [1.54, 1.807) is 12.1 Å². The van der Waals surface area contributed by atoms with E-state index >= 15 is 0 Å². The highest BCUT2D eigenvalue weighted by molar-refractivity contribution is 6.59. The van der Waals surface area contributed by atoms with Crippen molar-refractivity contribution in [2.45, 2.75) is 39.5 Å². The minimum atomic E-state index is -1.49. The molecule has 0 spiro atoms. The van der Waals surface area contributed by atoms with E-state index in [1.807, 2.05) is 27.7 Å². The molecule has 1 aromatic carbocycles. The van der Waals surface area contributed by atoms with Crippen molar-refractivity contribution in [3.63, 3.8) is 0 Å². The zero-order valence-corrected chi connectivity index (χ0v) is 10.7. The quantitative estimate of drug-likeness (QED) is 0.774. The third kappa shape index (κ3) is 2.88. The first-order chi connectivity index (χ1) is 7.88. The molecule has 0 heterocycles. The maximum absolute atomic E-state index is 9.52. The summed E-state index contributed by atoms with van der Waals surface area (Å²) in [5.74, 6) is 0.301.